The topological polar surface area (TPSA) is 17.1 Å². The van der Waals surface area contributed by atoms with Crippen LogP contribution >= 0.6 is 34.8 Å². The lowest BCUT2D eigenvalue weighted by molar-refractivity contribution is -0.117. The van der Waals surface area contributed by atoms with Gasteiger partial charge in [-0.2, -0.15) is 0 Å². The maximum Gasteiger partial charge on any atom is 0.141 e. The lowest BCUT2D eigenvalue weighted by atomic mass is 10.0. The Hall–Kier alpha value is -1.09. The van der Waals surface area contributed by atoms with Crippen LogP contribution < -0.4 is 0 Å². The van der Waals surface area contributed by atoms with Gasteiger partial charge in [0.15, 0.2) is 0 Å². The van der Waals surface area contributed by atoms with Crippen molar-refractivity contribution in [3.8, 4) is 0 Å². The number of hydrogen-bond donors (Lipinski definition) is 0. The summed E-state index contributed by atoms with van der Waals surface area (Å²) >= 11 is 17.8. The number of rotatable bonds is 4. The first-order chi connectivity index (χ1) is 9.47. The quantitative estimate of drug-likeness (QED) is 0.758. The molecule has 0 aliphatic carbocycles. The molecule has 0 aliphatic rings. The van der Waals surface area contributed by atoms with Crippen LogP contribution in [0, 0.1) is 5.82 Å². The van der Waals surface area contributed by atoms with E-state index in [1.807, 2.05) is 0 Å². The van der Waals surface area contributed by atoms with Gasteiger partial charge in [-0.15, -0.1) is 0 Å². The Balaban J connectivity index is 2.11. The molecule has 0 aromatic heterocycles. The van der Waals surface area contributed by atoms with Gasteiger partial charge in [-0.1, -0.05) is 53.0 Å². The summed E-state index contributed by atoms with van der Waals surface area (Å²) in [6.45, 7) is 0. The molecule has 0 spiro atoms. The molecular formula is C15H10Cl3FO. The Morgan fingerprint density at radius 1 is 0.950 bits per heavy atom. The smallest absolute Gasteiger partial charge is 0.141 e. The first kappa shape index (κ1) is 15.3. The highest BCUT2D eigenvalue weighted by Crippen LogP contribution is 2.26. The van der Waals surface area contributed by atoms with E-state index in [0.29, 0.717) is 21.2 Å². The summed E-state index contributed by atoms with van der Waals surface area (Å²) in [5.41, 5.74) is 1.26. The lowest BCUT2D eigenvalue weighted by Gasteiger charge is -2.06. The molecule has 0 amide bonds. The molecule has 0 saturated heterocycles. The van der Waals surface area contributed by atoms with Gasteiger partial charge in [-0.05, 0) is 29.3 Å². The van der Waals surface area contributed by atoms with Gasteiger partial charge in [0, 0.05) is 17.9 Å². The fourth-order valence-electron chi connectivity index (χ4n) is 1.84. The van der Waals surface area contributed by atoms with Gasteiger partial charge in [0.2, 0.25) is 0 Å². The van der Waals surface area contributed by atoms with Crippen molar-refractivity contribution in [2.24, 2.45) is 0 Å². The highest BCUT2D eigenvalue weighted by Gasteiger charge is 2.12. The summed E-state index contributed by atoms with van der Waals surface area (Å²) < 4.78 is 12.9. The minimum Gasteiger partial charge on any atom is -0.299 e. The Labute approximate surface area is 131 Å². The number of halogens is 4. The van der Waals surface area contributed by atoms with Crippen LogP contribution in [0.5, 0.6) is 0 Å². The molecule has 0 fully saturated rings. The van der Waals surface area contributed by atoms with Crippen molar-refractivity contribution in [1.82, 2.24) is 0 Å². The zero-order valence-electron chi connectivity index (χ0n) is 10.3. The van der Waals surface area contributed by atoms with Gasteiger partial charge < -0.3 is 0 Å². The molecule has 0 atom stereocenters. The van der Waals surface area contributed by atoms with E-state index in [2.05, 4.69) is 0 Å². The van der Waals surface area contributed by atoms with Crippen LogP contribution in [-0.4, -0.2) is 5.78 Å². The highest BCUT2D eigenvalue weighted by molar-refractivity contribution is 6.42. The predicted molar refractivity (Wildman–Crippen MR) is 80.3 cm³/mol. The molecule has 2 rings (SSSR count). The van der Waals surface area contributed by atoms with Crippen molar-refractivity contribution in [3.05, 3.63) is 68.4 Å². The summed E-state index contributed by atoms with van der Waals surface area (Å²) in [6.07, 6.45) is 0.287. The van der Waals surface area contributed by atoms with E-state index in [-0.39, 0.29) is 23.6 Å². The minimum absolute atomic E-state index is 0.0670. The van der Waals surface area contributed by atoms with Crippen LogP contribution in [0.15, 0.2) is 36.4 Å². The third-order valence-electron chi connectivity index (χ3n) is 2.82. The van der Waals surface area contributed by atoms with E-state index in [9.17, 15) is 9.18 Å². The molecule has 20 heavy (non-hydrogen) atoms. The summed E-state index contributed by atoms with van der Waals surface area (Å²) in [4.78, 5) is 12.0. The molecule has 0 heterocycles. The molecule has 2 aromatic rings. The van der Waals surface area contributed by atoms with Crippen molar-refractivity contribution in [1.29, 1.82) is 0 Å². The molecule has 0 unspecified atom stereocenters. The Morgan fingerprint density at radius 2 is 1.65 bits per heavy atom. The minimum atomic E-state index is -0.427. The van der Waals surface area contributed by atoms with E-state index in [4.69, 9.17) is 34.8 Å². The van der Waals surface area contributed by atoms with Gasteiger partial charge in [0.05, 0.1) is 10.0 Å². The van der Waals surface area contributed by atoms with Gasteiger partial charge in [-0.25, -0.2) is 4.39 Å². The van der Waals surface area contributed by atoms with Gasteiger partial charge in [0.25, 0.3) is 0 Å². The summed E-state index contributed by atoms with van der Waals surface area (Å²) in [6, 6.07) is 9.13. The van der Waals surface area contributed by atoms with Crippen molar-refractivity contribution in [2.75, 3.05) is 0 Å². The summed E-state index contributed by atoms with van der Waals surface area (Å²) in [5.74, 6) is -0.494. The van der Waals surface area contributed by atoms with E-state index >= 15 is 0 Å². The highest BCUT2D eigenvalue weighted by atomic mass is 35.5. The molecule has 1 nitrogen and oxygen atoms in total. The molecule has 0 N–H and O–H groups in total. The standard InChI is InChI=1S/C15H10Cl3FO/c16-13-3-1-2-10(15(13)18)7-12(20)6-9-4-5-11(19)8-14(9)17/h1-5,8H,6-7H2. The Bertz CT molecular complexity index is 656. The van der Waals surface area contributed by atoms with E-state index in [1.54, 1.807) is 18.2 Å². The largest absolute Gasteiger partial charge is 0.299 e. The molecule has 104 valence electrons. The van der Waals surface area contributed by atoms with Crippen molar-refractivity contribution in [2.45, 2.75) is 12.8 Å². The molecule has 0 radical (unpaired) electrons. The fourth-order valence-corrected chi connectivity index (χ4v) is 2.46. The van der Waals surface area contributed by atoms with Gasteiger partial charge in [-0.3, -0.25) is 4.79 Å². The van der Waals surface area contributed by atoms with E-state index in [1.165, 1.54) is 18.2 Å². The Kier molecular flexibility index (Phi) is 5.03. The number of Topliss-reactive ketones (excluding diaryl/α,β-unsaturated/α-hetero) is 1. The molecular weight excluding hydrogens is 322 g/mol. The predicted octanol–water partition coefficient (Wildman–Crippen LogP) is 5.14. The lowest BCUT2D eigenvalue weighted by Crippen LogP contribution is -2.07. The molecule has 2 aromatic carbocycles. The number of carbonyl (C=O) groups excluding carboxylic acids is 1. The third kappa shape index (κ3) is 3.72. The number of ketones is 1. The molecule has 0 bridgehead atoms. The zero-order chi connectivity index (χ0) is 14.7. The summed E-state index contributed by atoms with van der Waals surface area (Å²) in [7, 11) is 0. The molecule has 0 aliphatic heterocycles. The van der Waals surface area contributed by atoms with Crippen LogP contribution in [0.25, 0.3) is 0 Å². The normalized spacial score (nSPS) is 10.6. The average molecular weight is 332 g/mol. The van der Waals surface area contributed by atoms with E-state index in [0.717, 1.165) is 0 Å². The van der Waals surface area contributed by atoms with Crippen molar-refractivity contribution >= 4 is 40.6 Å². The third-order valence-corrected chi connectivity index (χ3v) is 4.03. The first-order valence-electron chi connectivity index (χ1n) is 5.86. The first-order valence-corrected chi connectivity index (χ1v) is 6.99. The van der Waals surface area contributed by atoms with Gasteiger partial charge in [0.1, 0.15) is 11.6 Å². The van der Waals surface area contributed by atoms with Crippen LogP contribution in [0.1, 0.15) is 11.1 Å². The second-order valence-corrected chi connectivity index (χ2v) is 5.53. The molecule has 5 heteroatoms. The summed E-state index contributed by atoms with van der Waals surface area (Å²) in [5, 5.41) is 1.04. The second-order valence-electron chi connectivity index (χ2n) is 4.34. The number of benzene rings is 2. The second kappa shape index (κ2) is 6.57. The van der Waals surface area contributed by atoms with Crippen LogP contribution in [-0.2, 0) is 17.6 Å². The van der Waals surface area contributed by atoms with Crippen LogP contribution in [0.4, 0.5) is 4.39 Å². The Morgan fingerprint density at radius 3 is 2.35 bits per heavy atom. The van der Waals surface area contributed by atoms with Crippen molar-refractivity contribution < 1.29 is 9.18 Å². The van der Waals surface area contributed by atoms with E-state index < -0.39 is 5.82 Å². The zero-order valence-corrected chi connectivity index (χ0v) is 12.6. The number of hydrogen-bond acceptors (Lipinski definition) is 1. The van der Waals surface area contributed by atoms with Crippen molar-refractivity contribution in [3.63, 3.8) is 0 Å². The fraction of sp³-hybridized carbons (Fsp3) is 0.133. The maximum absolute atomic E-state index is 12.9. The molecule has 0 saturated carbocycles. The monoisotopic (exact) mass is 330 g/mol. The SMILES string of the molecule is O=C(Cc1ccc(F)cc1Cl)Cc1cccc(Cl)c1Cl. The number of carbonyl (C=O) groups is 1. The van der Waals surface area contributed by atoms with Crippen LogP contribution in [0.2, 0.25) is 15.1 Å². The van der Waals surface area contributed by atoms with Gasteiger partial charge >= 0.3 is 0 Å². The maximum atomic E-state index is 12.9. The average Bonchev–Trinajstić information content (AvgIpc) is 2.38. The van der Waals surface area contributed by atoms with Crippen LogP contribution in [0.3, 0.4) is 0 Å².